The molecule has 0 heterocycles. The molecule has 0 amide bonds. The highest BCUT2D eigenvalue weighted by molar-refractivity contribution is 5.75. The summed E-state index contributed by atoms with van der Waals surface area (Å²) in [6, 6.07) is -0.498. The SMILES string of the molecule is CCN(CC)CCCN(CC)CCC(N)C(=O)OC. The van der Waals surface area contributed by atoms with E-state index in [9.17, 15) is 4.79 Å². The number of esters is 1. The summed E-state index contributed by atoms with van der Waals surface area (Å²) in [7, 11) is 1.38. The Bertz CT molecular complexity index is 233. The van der Waals surface area contributed by atoms with Crippen LogP contribution in [0.1, 0.15) is 33.6 Å². The lowest BCUT2D eigenvalue weighted by molar-refractivity contribution is -0.142. The van der Waals surface area contributed by atoms with Gasteiger partial charge in [0.1, 0.15) is 6.04 Å². The van der Waals surface area contributed by atoms with Gasteiger partial charge in [-0.2, -0.15) is 0 Å². The van der Waals surface area contributed by atoms with Gasteiger partial charge in [-0.25, -0.2) is 0 Å². The second-order valence-corrected chi connectivity index (χ2v) is 4.73. The van der Waals surface area contributed by atoms with E-state index in [4.69, 9.17) is 5.73 Å². The van der Waals surface area contributed by atoms with E-state index in [2.05, 4.69) is 35.3 Å². The molecule has 1 atom stereocenters. The third-order valence-electron chi connectivity index (χ3n) is 3.55. The molecular formula is C14H31N3O2. The first-order valence-electron chi connectivity index (χ1n) is 7.37. The van der Waals surface area contributed by atoms with Crippen LogP contribution in [0.25, 0.3) is 0 Å². The number of methoxy groups -OCH3 is 1. The van der Waals surface area contributed by atoms with Crippen molar-refractivity contribution >= 4 is 5.97 Å². The van der Waals surface area contributed by atoms with Crippen LogP contribution in [-0.2, 0) is 9.53 Å². The standard InChI is InChI=1S/C14H31N3O2/c1-5-16(6-2)10-8-11-17(7-3)12-9-13(15)14(18)19-4/h13H,5-12,15H2,1-4H3. The van der Waals surface area contributed by atoms with E-state index in [-0.39, 0.29) is 5.97 Å². The topological polar surface area (TPSA) is 58.8 Å². The summed E-state index contributed by atoms with van der Waals surface area (Å²) in [4.78, 5) is 16.0. The van der Waals surface area contributed by atoms with Gasteiger partial charge in [-0.15, -0.1) is 0 Å². The van der Waals surface area contributed by atoms with Crippen LogP contribution in [0, 0.1) is 0 Å². The second-order valence-electron chi connectivity index (χ2n) is 4.73. The van der Waals surface area contributed by atoms with Crippen molar-refractivity contribution in [1.29, 1.82) is 0 Å². The summed E-state index contributed by atoms with van der Waals surface area (Å²) in [5.74, 6) is -0.320. The fraction of sp³-hybridized carbons (Fsp3) is 0.929. The highest BCUT2D eigenvalue weighted by Gasteiger charge is 2.14. The molecule has 19 heavy (non-hydrogen) atoms. The maximum atomic E-state index is 11.2. The van der Waals surface area contributed by atoms with E-state index in [0.29, 0.717) is 6.42 Å². The van der Waals surface area contributed by atoms with Gasteiger partial charge >= 0.3 is 5.97 Å². The highest BCUT2D eigenvalue weighted by atomic mass is 16.5. The Kier molecular flexibility index (Phi) is 10.8. The Morgan fingerprint density at radius 2 is 1.58 bits per heavy atom. The van der Waals surface area contributed by atoms with Crippen molar-refractivity contribution in [1.82, 2.24) is 9.80 Å². The van der Waals surface area contributed by atoms with Gasteiger partial charge in [0.25, 0.3) is 0 Å². The summed E-state index contributed by atoms with van der Waals surface area (Å²) in [6.07, 6.45) is 1.81. The van der Waals surface area contributed by atoms with Gasteiger partial charge in [0, 0.05) is 6.54 Å². The third-order valence-corrected chi connectivity index (χ3v) is 3.55. The molecule has 0 spiro atoms. The van der Waals surface area contributed by atoms with Gasteiger partial charge in [0.15, 0.2) is 0 Å². The van der Waals surface area contributed by atoms with Gasteiger partial charge in [-0.3, -0.25) is 4.79 Å². The average molecular weight is 273 g/mol. The van der Waals surface area contributed by atoms with Crippen LogP contribution in [0.2, 0.25) is 0 Å². The van der Waals surface area contributed by atoms with Crippen molar-refractivity contribution in [2.45, 2.75) is 39.7 Å². The van der Waals surface area contributed by atoms with Crippen LogP contribution in [0.4, 0.5) is 0 Å². The van der Waals surface area contributed by atoms with Gasteiger partial charge in [-0.1, -0.05) is 20.8 Å². The van der Waals surface area contributed by atoms with Crippen LogP contribution in [0.3, 0.4) is 0 Å². The number of carbonyl (C=O) groups excluding carboxylic acids is 1. The van der Waals surface area contributed by atoms with Crippen LogP contribution in [-0.4, -0.2) is 68.2 Å². The van der Waals surface area contributed by atoms with Crippen molar-refractivity contribution in [3.63, 3.8) is 0 Å². The van der Waals surface area contributed by atoms with E-state index in [1.807, 2.05) is 0 Å². The maximum Gasteiger partial charge on any atom is 0.322 e. The predicted molar refractivity (Wildman–Crippen MR) is 79.1 cm³/mol. The quantitative estimate of drug-likeness (QED) is 0.568. The number of nitrogens with zero attached hydrogens (tertiary/aromatic N) is 2. The fourth-order valence-electron chi connectivity index (χ4n) is 2.08. The Hall–Kier alpha value is -0.650. The Balaban J connectivity index is 3.85. The molecule has 0 aromatic carbocycles. The second kappa shape index (κ2) is 11.2. The lowest BCUT2D eigenvalue weighted by atomic mass is 10.2. The van der Waals surface area contributed by atoms with Gasteiger partial charge in [0.2, 0.25) is 0 Å². The molecule has 0 aromatic rings. The lowest BCUT2D eigenvalue weighted by Crippen LogP contribution is -2.37. The largest absolute Gasteiger partial charge is 0.468 e. The molecule has 0 saturated carbocycles. The minimum Gasteiger partial charge on any atom is -0.468 e. The van der Waals surface area contributed by atoms with Crippen molar-refractivity contribution in [3.8, 4) is 0 Å². The van der Waals surface area contributed by atoms with Crippen molar-refractivity contribution in [2.75, 3.05) is 46.4 Å². The summed E-state index contributed by atoms with van der Waals surface area (Å²) >= 11 is 0. The first-order valence-corrected chi connectivity index (χ1v) is 7.37. The average Bonchev–Trinajstić information content (AvgIpc) is 2.45. The first kappa shape index (κ1) is 18.4. The van der Waals surface area contributed by atoms with E-state index in [0.717, 1.165) is 45.7 Å². The molecule has 0 aromatic heterocycles. The maximum absolute atomic E-state index is 11.2. The monoisotopic (exact) mass is 273 g/mol. The lowest BCUT2D eigenvalue weighted by Gasteiger charge is -2.24. The predicted octanol–water partition coefficient (Wildman–Crippen LogP) is 0.931. The van der Waals surface area contributed by atoms with Crippen LogP contribution < -0.4 is 5.73 Å². The minimum absolute atomic E-state index is 0.320. The third kappa shape index (κ3) is 8.18. The molecule has 0 bridgehead atoms. The zero-order valence-corrected chi connectivity index (χ0v) is 13.0. The Labute approximate surface area is 118 Å². The van der Waals surface area contributed by atoms with Gasteiger partial charge in [-0.05, 0) is 45.6 Å². The van der Waals surface area contributed by atoms with Gasteiger partial charge < -0.3 is 20.3 Å². The molecule has 0 aliphatic rings. The summed E-state index contributed by atoms with van der Waals surface area (Å²) in [6.45, 7) is 12.8. The zero-order valence-electron chi connectivity index (χ0n) is 13.0. The van der Waals surface area contributed by atoms with Crippen molar-refractivity contribution in [3.05, 3.63) is 0 Å². The highest BCUT2D eigenvalue weighted by Crippen LogP contribution is 1.99. The van der Waals surface area contributed by atoms with E-state index < -0.39 is 6.04 Å². The molecule has 1 unspecified atom stereocenters. The first-order chi connectivity index (χ1) is 9.08. The molecule has 0 fully saturated rings. The number of hydrogen-bond donors (Lipinski definition) is 1. The van der Waals surface area contributed by atoms with E-state index >= 15 is 0 Å². The zero-order chi connectivity index (χ0) is 14.7. The molecule has 0 radical (unpaired) electrons. The number of carbonyl (C=O) groups is 1. The summed E-state index contributed by atoms with van der Waals surface area (Å²) in [5.41, 5.74) is 5.74. The smallest absolute Gasteiger partial charge is 0.322 e. The molecular weight excluding hydrogens is 242 g/mol. The fourth-order valence-corrected chi connectivity index (χ4v) is 2.08. The molecule has 0 aliphatic carbocycles. The summed E-state index contributed by atoms with van der Waals surface area (Å²) in [5, 5.41) is 0. The van der Waals surface area contributed by atoms with Crippen LogP contribution >= 0.6 is 0 Å². The van der Waals surface area contributed by atoms with Crippen molar-refractivity contribution < 1.29 is 9.53 Å². The number of ether oxygens (including phenoxy) is 1. The van der Waals surface area contributed by atoms with Crippen LogP contribution in [0.5, 0.6) is 0 Å². The number of nitrogens with two attached hydrogens (primary N) is 1. The number of rotatable bonds is 11. The summed E-state index contributed by atoms with van der Waals surface area (Å²) < 4.78 is 4.63. The number of hydrogen-bond acceptors (Lipinski definition) is 5. The van der Waals surface area contributed by atoms with Crippen LogP contribution in [0.15, 0.2) is 0 Å². The molecule has 0 rings (SSSR count). The molecule has 5 heteroatoms. The molecule has 114 valence electrons. The Morgan fingerprint density at radius 3 is 2.05 bits per heavy atom. The molecule has 2 N–H and O–H groups in total. The van der Waals surface area contributed by atoms with E-state index in [1.165, 1.54) is 7.11 Å². The van der Waals surface area contributed by atoms with E-state index in [1.54, 1.807) is 0 Å². The normalized spacial score (nSPS) is 13.0. The minimum atomic E-state index is -0.498. The van der Waals surface area contributed by atoms with Gasteiger partial charge in [0.05, 0.1) is 7.11 Å². The van der Waals surface area contributed by atoms with Crippen molar-refractivity contribution in [2.24, 2.45) is 5.73 Å². The molecule has 0 saturated heterocycles. The Morgan fingerprint density at radius 1 is 1.05 bits per heavy atom. The molecule has 5 nitrogen and oxygen atoms in total. The molecule has 0 aliphatic heterocycles.